The summed E-state index contributed by atoms with van der Waals surface area (Å²) in [5.41, 5.74) is 0.683. The molecule has 1 amide bonds. The number of rotatable bonds is 1. The zero-order valence-corrected chi connectivity index (χ0v) is 11.7. The predicted molar refractivity (Wildman–Crippen MR) is 70.9 cm³/mol. The number of likely N-dealkylation sites (tertiary alicyclic amines) is 1. The average Bonchev–Trinajstić information content (AvgIpc) is 2.27. The van der Waals surface area contributed by atoms with Crippen molar-refractivity contribution in [3.8, 4) is 0 Å². The number of carbonyl (C=O) groups excluding carboxylic acids is 1. The molecule has 4 nitrogen and oxygen atoms in total. The number of amides is 1. The van der Waals surface area contributed by atoms with Gasteiger partial charge in [-0.15, -0.1) is 0 Å². The predicted octanol–water partition coefficient (Wildman–Crippen LogP) is 3.46. The van der Waals surface area contributed by atoms with E-state index in [4.69, 9.17) is 11.3 Å². The first-order chi connectivity index (χ1) is 8.33. The summed E-state index contributed by atoms with van der Waals surface area (Å²) >= 11 is 0. The molecule has 1 aliphatic heterocycles. The van der Waals surface area contributed by atoms with Gasteiger partial charge >= 0.3 is 6.09 Å². The van der Waals surface area contributed by atoms with E-state index in [2.05, 4.69) is 4.85 Å². The van der Waals surface area contributed by atoms with Gasteiger partial charge < -0.3 is 9.64 Å². The maximum Gasteiger partial charge on any atom is 0.410 e. The smallest absolute Gasteiger partial charge is 0.410 e. The number of carbonyl (C=O) groups is 1. The molecule has 1 fully saturated rings. The van der Waals surface area contributed by atoms with Crippen LogP contribution in [-0.2, 0) is 4.74 Å². The number of hydrogen-bond donors (Lipinski definition) is 0. The number of ether oxygens (including phenoxy) is 1. The fourth-order valence-electron chi connectivity index (χ4n) is 2.05. The zero-order valence-electron chi connectivity index (χ0n) is 11.7. The molecule has 1 aliphatic rings. The molecule has 1 rings (SSSR count). The molecule has 0 atom stereocenters. The first-order valence-electron chi connectivity index (χ1n) is 6.34. The Bertz CT molecular complexity index is 366. The fraction of sp³-hybridized carbons (Fsp3) is 0.714. The third-order valence-corrected chi connectivity index (χ3v) is 3.06. The van der Waals surface area contributed by atoms with Crippen LogP contribution >= 0.6 is 0 Å². The molecule has 1 heterocycles. The van der Waals surface area contributed by atoms with Crippen molar-refractivity contribution < 1.29 is 9.53 Å². The first-order valence-corrected chi connectivity index (χ1v) is 6.34. The lowest BCUT2D eigenvalue weighted by atomic mass is 9.91. The topological polar surface area (TPSA) is 33.9 Å². The highest BCUT2D eigenvalue weighted by molar-refractivity contribution is 5.68. The van der Waals surface area contributed by atoms with E-state index in [1.54, 1.807) is 11.1 Å². The number of piperidine rings is 1. The van der Waals surface area contributed by atoms with Crippen LogP contribution in [-0.4, -0.2) is 29.7 Å². The average molecular weight is 250 g/mol. The lowest BCUT2D eigenvalue weighted by Crippen LogP contribution is -2.41. The summed E-state index contributed by atoms with van der Waals surface area (Å²) in [6, 6.07) is 0. The van der Waals surface area contributed by atoms with Crippen molar-refractivity contribution in [2.75, 3.05) is 13.1 Å². The van der Waals surface area contributed by atoms with Gasteiger partial charge in [-0.3, -0.25) is 0 Å². The molecule has 1 saturated heterocycles. The Balaban J connectivity index is 2.47. The highest BCUT2D eigenvalue weighted by Crippen LogP contribution is 2.25. The van der Waals surface area contributed by atoms with E-state index in [0.29, 0.717) is 19.0 Å². The van der Waals surface area contributed by atoms with Gasteiger partial charge in [0.25, 0.3) is 0 Å². The molecule has 100 valence electrons. The van der Waals surface area contributed by atoms with Crippen LogP contribution in [0.2, 0.25) is 0 Å². The monoisotopic (exact) mass is 250 g/mol. The molecule has 0 N–H and O–H groups in total. The molecular formula is C14H22N2O2. The van der Waals surface area contributed by atoms with Crippen molar-refractivity contribution in [3.63, 3.8) is 0 Å². The Hall–Kier alpha value is -1.50. The van der Waals surface area contributed by atoms with Crippen molar-refractivity contribution in [2.24, 2.45) is 5.92 Å². The van der Waals surface area contributed by atoms with Crippen LogP contribution in [0.1, 0.15) is 40.5 Å². The van der Waals surface area contributed by atoms with E-state index in [-0.39, 0.29) is 6.09 Å². The number of hydrogen-bond acceptors (Lipinski definition) is 2. The molecule has 0 aromatic carbocycles. The lowest BCUT2D eigenvalue weighted by molar-refractivity contribution is 0.0194. The lowest BCUT2D eigenvalue weighted by Gasteiger charge is -2.33. The maximum absolute atomic E-state index is 11.9. The standard InChI is InChI=1S/C14H22N2O2/c1-11(10-15-5)12-6-8-16(9-7-12)13(17)18-14(2,3)4/h10,12H,6-9H2,1-4H3/b11-10-. The molecule has 0 radical (unpaired) electrons. The Kier molecular flexibility index (Phi) is 4.77. The van der Waals surface area contributed by atoms with Crippen LogP contribution in [0.5, 0.6) is 0 Å². The summed E-state index contributed by atoms with van der Waals surface area (Å²) in [7, 11) is 0. The van der Waals surface area contributed by atoms with E-state index in [0.717, 1.165) is 18.4 Å². The second-order valence-electron chi connectivity index (χ2n) is 5.74. The van der Waals surface area contributed by atoms with E-state index >= 15 is 0 Å². The van der Waals surface area contributed by atoms with Gasteiger partial charge in [-0.1, -0.05) is 12.5 Å². The van der Waals surface area contributed by atoms with Crippen LogP contribution in [0.15, 0.2) is 11.8 Å². The zero-order chi connectivity index (χ0) is 13.8. The maximum atomic E-state index is 11.9. The highest BCUT2D eigenvalue weighted by Gasteiger charge is 2.27. The minimum atomic E-state index is -0.437. The Morgan fingerprint density at radius 2 is 1.94 bits per heavy atom. The molecule has 0 aliphatic carbocycles. The van der Waals surface area contributed by atoms with Gasteiger partial charge in [0, 0.05) is 13.1 Å². The molecule has 0 saturated carbocycles. The van der Waals surface area contributed by atoms with E-state index in [9.17, 15) is 4.79 Å². The summed E-state index contributed by atoms with van der Waals surface area (Å²) in [5, 5.41) is 0. The fourth-order valence-corrected chi connectivity index (χ4v) is 2.05. The van der Waals surface area contributed by atoms with Gasteiger partial charge in [-0.2, -0.15) is 0 Å². The summed E-state index contributed by atoms with van der Waals surface area (Å²) < 4.78 is 5.34. The highest BCUT2D eigenvalue weighted by atomic mass is 16.6. The van der Waals surface area contributed by atoms with Gasteiger partial charge in [0.15, 0.2) is 6.20 Å². The van der Waals surface area contributed by atoms with Crippen LogP contribution in [0, 0.1) is 12.5 Å². The Labute approximate surface area is 109 Å². The van der Waals surface area contributed by atoms with Crippen molar-refractivity contribution >= 4 is 6.09 Å². The third kappa shape index (κ3) is 4.40. The van der Waals surface area contributed by atoms with Gasteiger partial charge in [0.2, 0.25) is 0 Å². The van der Waals surface area contributed by atoms with Crippen molar-refractivity contribution in [3.05, 3.63) is 23.2 Å². The molecule has 0 spiro atoms. The summed E-state index contributed by atoms with van der Waals surface area (Å²) in [5.74, 6) is 0.429. The summed E-state index contributed by atoms with van der Waals surface area (Å²) in [6.07, 6.45) is 3.19. The minimum Gasteiger partial charge on any atom is -0.444 e. The molecule has 4 heteroatoms. The van der Waals surface area contributed by atoms with Gasteiger partial charge in [0.05, 0.1) is 6.57 Å². The van der Waals surface area contributed by atoms with E-state index in [1.165, 1.54) is 0 Å². The van der Waals surface area contributed by atoms with Gasteiger partial charge in [0.1, 0.15) is 5.60 Å². The van der Waals surface area contributed by atoms with E-state index < -0.39 is 5.60 Å². The first kappa shape index (κ1) is 14.6. The van der Waals surface area contributed by atoms with Gasteiger partial charge in [-0.25, -0.2) is 9.64 Å². The van der Waals surface area contributed by atoms with Gasteiger partial charge in [-0.05, 0) is 39.5 Å². The largest absolute Gasteiger partial charge is 0.444 e. The molecular weight excluding hydrogens is 228 g/mol. The Morgan fingerprint density at radius 1 is 1.39 bits per heavy atom. The SMILES string of the molecule is [C-]#[N+]/C=C(/C)C1CCN(C(=O)OC(C)(C)C)CC1. The van der Waals surface area contributed by atoms with Crippen LogP contribution in [0.25, 0.3) is 4.85 Å². The number of nitrogens with zero attached hydrogens (tertiary/aromatic N) is 2. The molecule has 0 aromatic rings. The van der Waals surface area contributed by atoms with Crippen LogP contribution in [0.4, 0.5) is 4.79 Å². The summed E-state index contributed by atoms with van der Waals surface area (Å²) in [6.45, 7) is 15.9. The Morgan fingerprint density at radius 3 is 2.39 bits per heavy atom. The molecule has 0 unspecified atom stereocenters. The molecule has 0 aromatic heterocycles. The van der Waals surface area contributed by atoms with Crippen molar-refractivity contribution in [1.29, 1.82) is 0 Å². The minimum absolute atomic E-state index is 0.229. The van der Waals surface area contributed by atoms with Crippen LogP contribution in [0.3, 0.4) is 0 Å². The second kappa shape index (κ2) is 5.90. The summed E-state index contributed by atoms with van der Waals surface area (Å²) in [4.78, 5) is 16.9. The molecule has 18 heavy (non-hydrogen) atoms. The van der Waals surface area contributed by atoms with E-state index in [1.807, 2.05) is 27.7 Å². The second-order valence-corrected chi connectivity index (χ2v) is 5.74. The molecule has 0 bridgehead atoms. The number of allylic oxidation sites excluding steroid dienone is 1. The van der Waals surface area contributed by atoms with Crippen molar-refractivity contribution in [1.82, 2.24) is 4.90 Å². The normalized spacial score (nSPS) is 18.4. The quantitative estimate of drug-likeness (QED) is 0.668. The van der Waals surface area contributed by atoms with Crippen LogP contribution < -0.4 is 0 Å². The third-order valence-electron chi connectivity index (χ3n) is 3.06. The van der Waals surface area contributed by atoms with Crippen molar-refractivity contribution in [2.45, 2.75) is 46.1 Å².